The molecule has 2 bridgehead atoms. The standard InChI is InChI=1S/C38H60O11/c1-32(19-40)11-12-36(31(46)47)13-14-37-9-5-21(17-39)38(10-6-22(37)23(36)15-32)34(3)16-24(42)29(49-30-28(45)27(44)25(43)18-48-30)33(2,20-41)26(34)7-8-35(37,38)4/h6,21,23-30,39-45H,5,7-20H2,1-4H3,(H,46,47). The average Bonchev–Trinajstić information content (AvgIpc) is 3.06. The highest BCUT2D eigenvalue weighted by molar-refractivity contribution is 5.76. The summed E-state index contributed by atoms with van der Waals surface area (Å²) in [6, 6.07) is 0. The Morgan fingerprint density at radius 1 is 0.878 bits per heavy atom. The predicted octanol–water partition coefficient (Wildman–Crippen LogP) is 2.37. The first-order chi connectivity index (χ1) is 23.0. The molecule has 6 aliphatic carbocycles. The molecule has 7 rings (SSSR count). The van der Waals surface area contributed by atoms with Gasteiger partial charge in [0.2, 0.25) is 0 Å². The van der Waals surface area contributed by atoms with Crippen LogP contribution in [-0.2, 0) is 14.3 Å². The number of carboxylic acid groups (broad SMARTS) is 1. The minimum Gasteiger partial charge on any atom is -0.481 e. The second kappa shape index (κ2) is 11.7. The molecule has 0 aromatic rings. The molecule has 0 aromatic carbocycles. The molecule has 16 atom stereocenters. The average molecular weight is 693 g/mol. The molecule has 11 nitrogen and oxygen atoms in total. The highest BCUT2D eigenvalue weighted by atomic mass is 16.7. The lowest BCUT2D eigenvalue weighted by Crippen LogP contribution is -2.76. The van der Waals surface area contributed by atoms with Crippen LogP contribution in [0.15, 0.2) is 11.6 Å². The fourth-order valence-corrected chi connectivity index (χ4v) is 14.5. The third-order valence-electron chi connectivity index (χ3n) is 17.0. The minimum absolute atomic E-state index is 0.00356. The number of hydrogen-bond acceptors (Lipinski definition) is 10. The zero-order chi connectivity index (χ0) is 35.6. The predicted molar refractivity (Wildman–Crippen MR) is 177 cm³/mol. The normalized spacial score (nSPS) is 56.8. The van der Waals surface area contributed by atoms with E-state index in [1.165, 1.54) is 5.57 Å². The first-order valence-corrected chi connectivity index (χ1v) is 18.8. The fraction of sp³-hybridized carbons (Fsp3) is 0.921. The number of carbonyl (C=O) groups is 1. The smallest absolute Gasteiger partial charge is 0.310 e. The quantitative estimate of drug-likeness (QED) is 0.150. The van der Waals surface area contributed by atoms with Gasteiger partial charge in [-0.25, -0.2) is 0 Å². The van der Waals surface area contributed by atoms with Crippen molar-refractivity contribution < 1.29 is 55.1 Å². The molecule has 1 spiro atoms. The van der Waals surface area contributed by atoms with Crippen molar-refractivity contribution in [2.45, 2.75) is 135 Å². The number of aliphatic hydroxyl groups excluding tert-OH is 7. The van der Waals surface area contributed by atoms with Gasteiger partial charge < -0.3 is 50.3 Å². The lowest BCUT2D eigenvalue weighted by Gasteiger charge is -2.80. The maximum Gasteiger partial charge on any atom is 0.310 e. The SMILES string of the molecule is CC1(CO)CCC2(C(=O)O)CCC34CCC(CO)C5(CC=C3C2C1)C1(C)CC(O)C(OC2OCC(O)C(O)C2O)C(C)(CO)C1CCC45C. The highest BCUT2D eigenvalue weighted by Crippen LogP contribution is 2.84. The Bertz CT molecular complexity index is 1360. The summed E-state index contributed by atoms with van der Waals surface area (Å²) in [6.07, 6.45) is 2.14. The van der Waals surface area contributed by atoms with Gasteiger partial charge in [-0.1, -0.05) is 39.3 Å². The minimum atomic E-state index is -1.53. The molecule has 0 amide bonds. The van der Waals surface area contributed by atoms with E-state index in [1.54, 1.807) is 0 Å². The monoisotopic (exact) mass is 692 g/mol. The molecule has 1 saturated heterocycles. The fourth-order valence-electron chi connectivity index (χ4n) is 14.5. The third-order valence-corrected chi connectivity index (χ3v) is 17.0. The molecule has 11 heteroatoms. The topological polar surface area (TPSA) is 197 Å². The van der Waals surface area contributed by atoms with Gasteiger partial charge in [-0.3, -0.25) is 4.79 Å². The second-order valence-corrected chi connectivity index (χ2v) is 18.6. The Morgan fingerprint density at radius 3 is 2.24 bits per heavy atom. The summed E-state index contributed by atoms with van der Waals surface area (Å²) in [6.45, 7) is 8.13. The van der Waals surface area contributed by atoms with Gasteiger partial charge in [0.25, 0.3) is 0 Å². The molecule has 0 radical (unpaired) electrons. The van der Waals surface area contributed by atoms with Crippen LogP contribution in [0, 0.1) is 55.7 Å². The van der Waals surface area contributed by atoms with Crippen molar-refractivity contribution in [1.29, 1.82) is 0 Å². The van der Waals surface area contributed by atoms with Crippen LogP contribution in [0.5, 0.6) is 0 Å². The van der Waals surface area contributed by atoms with Crippen molar-refractivity contribution in [1.82, 2.24) is 0 Å². The van der Waals surface area contributed by atoms with Gasteiger partial charge in [0.1, 0.15) is 18.3 Å². The van der Waals surface area contributed by atoms with Crippen molar-refractivity contribution in [3.8, 4) is 0 Å². The summed E-state index contributed by atoms with van der Waals surface area (Å²) < 4.78 is 11.9. The molecule has 16 unspecified atom stereocenters. The second-order valence-electron chi connectivity index (χ2n) is 18.6. The van der Waals surface area contributed by atoms with E-state index in [9.17, 15) is 45.6 Å². The molecule has 278 valence electrons. The number of allylic oxidation sites excluding steroid dienone is 2. The van der Waals surface area contributed by atoms with E-state index in [-0.39, 0.29) is 60.4 Å². The Balaban J connectivity index is 1.33. The lowest BCUT2D eigenvalue weighted by molar-refractivity contribution is -0.350. The van der Waals surface area contributed by atoms with Crippen molar-refractivity contribution >= 4 is 5.97 Å². The lowest BCUT2D eigenvalue weighted by atomic mass is 9.24. The van der Waals surface area contributed by atoms with Crippen LogP contribution >= 0.6 is 0 Å². The van der Waals surface area contributed by atoms with E-state index >= 15 is 0 Å². The van der Waals surface area contributed by atoms with Gasteiger partial charge in [-0.05, 0) is 115 Å². The molecule has 8 N–H and O–H groups in total. The molecule has 6 fully saturated rings. The summed E-state index contributed by atoms with van der Waals surface area (Å²) >= 11 is 0. The summed E-state index contributed by atoms with van der Waals surface area (Å²) in [7, 11) is 0. The summed E-state index contributed by atoms with van der Waals surface area (Å²) in [4.78, 5) is 13.2. The van der Waals surface area contributed by atoms with Crippen molar-refractivity contribution in [2.75, 3.05) is 26.4 Å². The number of aliphatic hydroxyl groups is 7. The molecular weight excluding hydrogens is 632 g/mol. The van der Waals surface area contributed by atoms with E-state index in [1.807, 2.05) is 6.92 Å². The Labute approximate surface area is 289 Å². The maximum atomic E-state index is 13.2. The molecule has 0 aromatic heterocycles. The van der Waals surface area contributed by atoms with Crippen molar-refractivity contribution in [3.63, 3.8) is 0 Å². The Morgan fingerprint density at radius 2 is 1.59 bits per heavy atom. The number of rotatable bonds is 6. The molecule has 1 heterocycles. The van der Waals surface area contributed by atoms with Crippen LogP contribution in [0.3, 0.4) is 0 Å². The molecule has 49 heavy (non-hydrogen) atoms. The van der Waals surface area contributed by atoms with E-state index in [2.05, 4.69) is 26.8 Å². The number of aliphatic carboxylic acids is 1. The van der Waals surface area contributed by atoms with Gasteiger partial charge in [0.05, 0.1) is 30.8 Å². The maximum absolute atomic E-state index is 13.2. The van der Waals surface area contributed by atoms with Crippen molar-refractivity contribution in [2.24, 2.45) is 55.7 Å². The molecule has 7 aliphatic rings. The molecule has 1 aliphatic heterocycles. The van der Waals surface area contributed by atoms with E-state index < -0.39 is 64.4 Å². The van der Waals surface area contributed by atoms with E-state index in [0.29, 0.717) is 38.5 Å². The number of ether oxygens (including phenoxy) is 2. The van der Waals surface area contributed by atoms with Gasteiger partial charge in [-0.2, -0.15) is 0 Å². The third kappa shape index (κ3) is 4.37. The number of carboxylic acids is 1. The van der Waals surface area contributed by atoms with Gasteiger partial charge in [0, 0.05) is 18.6 Å². The van der Waals surface area contributed by atoms with Crippen LogP contribution in [0.1, 0.15) is 98.3 Å². The first kappa shape index (κ1) is 36.2. The summed E-state index contributed by atoms with van der Waals surface area (Å²) in [5, 5.41) is 86.9. The van der Waals surface area contributed by atoms with E-state index in [0.717, 1.165) is 32.1 Å². The van der Waals surface area contributed by atoms with Crippen LogP contribution in [0.25, 0.3) is 0 Å². The van der Waals surface area contributed by atoms with Gasteiger partial charge in [0.15, 0.2) is 6.29 Å². The van der Waals surface area contributed by atoms with E-state index in [4.69, 9.17) is 9.47 Å². The van der Waals surface area contributed by atoms with Gasteiger partial charge >= 0.3 is 5.97 Å². The zero-order valence-electron chi connectivity index (χ0n) is 29.7. The van der Waals surface area contributed by atoms with Crippen LogP contribution in [-0.4, -0.2) is 110 Å². The highest BCUT2D eigenvalue weighted by Gasteiger charge is 2.79. The Hall–Kier alpha value is -1.15. The summed E-state index contributed by atoms with van der Waals surface area (Å²) in [5.41, 5.74) is -2.57. The van der Waals surface area contributed by atoms with Crippen molar-refractivity contribution in [3.05, 3.63) is 11.6 Å². The largest absolute Gasteiger partial charge is 0.481 e. The van der Waals surface area contributed by atoms with Crippen LogP contribution in [0.2, 0.25) is 0 Å². The van der Waals surface area contributed by atoms with Gasteiger partial charge in [-0.15, -0.1) is 0 Å². The molecule has 5 saturated carbocycles. The zero-order valence-corrected chi connectivity index (χ0v) is 29.7. The number of hydrogen-bond donors (Lipinski definition) is 8. The first-order valence-electron chi connectivity index (χ1n) is 18.8. The number of fused-ring (bicyclic) bond motifs is 3. The summed E-state index contributed by atoms with van der Waals surface area (Å²) in [5.74, 6) is -1.12. The van der Waals surface area contributed by atoms with Crippen LogP contribution in [0.4, 0.5) is 0 Å². The van der Waals surface area contributed by atoms with Crippen LogP contribution < -0.4 is 0 Å². The Kier molecular flexibility index (Phi) is 8.63. The molecular formula is C38H60O11.